The molecule has 0 bridgehead atoms. The van der Waals surface area contributed by atoms with Gasteiger partial charge in [-0.15, -0.1) is 0 Å². The average molecular weight is 342 g/mol. The van der Waals surface area contributed by atoms with Crippen molar-refractivity contribution in [2.24, 2.45) is 0 Å². The van der Waals surface area contributed by atoms with E-state index in [1.807, 2.05) is 0 Å². The Hall–Kier alpha value is -0.270. The third kappa shape index (κ3) is 6.01. The van der Waals surface area contributed by atoms with Crippen molar-refractivity contribution in [2.45, 2.75) is 18.5 Å². The van der Waals surface area contributed by atoms with Gasteiger partial charge in [0.25, 0.3) is 0 Å². The van der Waals surface area contributed by atoms with Gasteiger partial charge in [0, 0.05) is 12.4 Å². The Labute approximate surface area is 121 Å². The third-order valence-corrected chi connectivity index (χ3v) is 5.18. The van der Waals surface area contributed by atoms with Gasteiger partial charge in [-0.1, -0.05) is 0 Å². The molecule has 1 unspecified atom stereocenters. The number of hydrogen-bond donors (Lipinski definition) is 5. The Morgan fingerprint density at radius 1 is 1.15 bits per heavy atom. The maximum Gasteiger partial charge on any atom is 0.335 e. The van der Waals surface area contributed by atoms with Gasteiger partial charge < -0.3 is 19.6 Å². The van der Waals surface area contributed by atoms with E-state index in [1.165, 1.54) is 6.20 Å². The highest BCUT2D eigenvalue weighted by Gasteiger charge is 2.37. The molecule has 0 aliphatic heterocycles. The van der Waals surface area contributed by atoms with E-state index in [0.717, 1.165) is 12.6 Å². The fourth-order valence-corrected chi connectivity index (χ4v) is 4.29. The second-order valence-electron chi connectivity index (χ2n) is 4.21. The van der Waals surface area contributed by atoms with Gasteiger partial charge in [-0.05, 0) is 18.6 Å². The van der Waals surface area contributed by atoms with Crippen molar-refractivity contribution in [3.05, 3.63) is 23.8 Å². The minimum atomic E-state index is -4.74. The highest BCUT2D eigenvalue weighted by Crippen LogP contribution is 2.57. The quantitative estimate of drug-likeness (QED) is 0.361. The van der Waals surface area contributed by atoms with Gasteiger partial charge in [-0.25, -0.2) is 0 Å². The Kier molecular flexibility index (Phi) is 6.34. The van der Waals surface area contributed by atoms with E-state index in [9.17, 15) is 18.9 Å². The van der Waals surface area contributed by atoms with Crippen LogP contribution in [0.1, 0.15) is 23.5 Å². The van der Waals surface area contributed by atoms with Crippen LogP contribution in [0, 0.1) is 0 Å². The largest absolute Gasteiger partial charge is 0.335 e. The minimum Gasteiger partial charge on any atom is -0.324 e. The highest BCUT2D eigenvalue weighted by atomic mass is 32.1. The summed E-state index contributed by atoms with van der Waals surface area (Å²) in [5.74, 6) is 0.673. The molecule has 114 valence electrons. The van der Waals surface area contributed by atoms with Crippen LogP contribution in [-0.4, -0.2) is 41.5 Å². The maximum atomic E-state index is 11.3. The predicted molar refractivity (Wildman–Crippen MR) is 75.9 cm³/mol. The zero-order valence-electron chi connectivity index (χ0n) is 10.4. The van der Waals surface area contributed by atoms with E-state index in [4.69, 9.17) is 9.79 Å². The summed E-state index contributed by atoms with van der Waals surface area (Å²) < 4.78 is 22.3. The molecular formula is C9H16N2O6P2S. The summed E-state index contributed by atoms with van der Waals surface area (Å²) in [7, 11) is -9.32. The molecule has 0 spiro atoms. The number of hydrogen-bond acceptors (Lipinski definition) is 5. The highest BCUT2D eigenvalue weighted by molar-refractivity contribution is 7.80. The predicted octanol–water partition coefficient (Wildman–Crippen LogP) is 0.735. The Morgan fingerprint density at radius 3 is 2.20 bits per heavy atom. The van der Waals surface area contributed by atoms with Crippen LogP contribution in [-0.2, 0) is 15.6 Å². The smallest absolute Gasteiger partial charge is 0.324 e. The molecule has 0 radical (unpaired) electrons. The summed E-state index contributed by atoms with van der Waals surface area (Å²) in [6.07, 6.45) is 2.92. The van der Waals surface area contributed by atoms with Gasteiger partial charge >= 0.3 is 15.2 Å². The lowest BCUT2D eigenvalue weighted by atomic mass is 10.2. The van der Waals surface area contributed by atoms with Crippen LogP contribution in [0.5, 0.6) is 0 Å². The first kappa shape index (κ1) is 17.8. The molecule has 0 aliphatic carbocycles. The van der Waals surface area contributed by atoms with Crippen LogP contribution in [0.25, 0.3) is 0 Å². The van der Waals surface area contributed by atoms with E-state index in [1.54, 1.807) is 0 Å². The maximum absolute atomic E-state index is 11.3. The fourth-order valence-electron chi connectivity index (χ4n) is 1.52. The molecule has 4 N–H and O–H groups in total. The first-order chi connectivity index (χ1) is 9.13. The van der Waals surface area contributed by atoms with Crippen molar-refractivity contribution < 1.29 is 28.7 Å². The van der Waals surface area contributed by atoms with E-state index in [2.05, 4.69) is 22.6 Å². The molecule has 0 saturated carbocycles. The zero-order valence-corrected chi connectivity index (χ0v) is 13.1. The Bertz CT molecular complexity index is 528. The van der Waals surface area contributed by atoms with Gasteiger partial charge in [0.2, 0.25) is 0 Å². The van der Waals surface area contributed by atoms with Crippen LogP contribution < -0.4 is 0 Å². The van der Waals surface area contributed by atoms with Crippen LogP contribution in [0.15, 0.2) is 12.4 Å². The lowest BCUT2D eigenvalue weighted by molar-refractivity contribution is 0.346. The topological polar surface area (TPSA) is 141 Å². The second kappa shape index (κ2) is 7.13. The zero-order chi connectivity index (χ0) is 15.4. The Morgan fingerprint density at radius 2 is 1.80 bits per heavy atom. The van der Waals surface area contributed by atoms with Crippen LogP contribution >= 0.6 is 27.8 Å². The van der Waals surface area contributed by atoms with Crippen molar-refractivity contribution in [1.29, 1.82) is 0 Å². The molecule has 0 saturated heterocycles. The standard InChI is InChI=1S/C9H16N2O6P2S/c12-18(13,14)6-9(19(15,16)17)8-5-10-7(4-11-8)2-1-3-20/h4-5,9,20H,1-3,6H2,(H2,12,13,14)(H2,15,16,17). The van der Waals surface area contributed by atoms with Gasteiger partial charge in [-0.2, -0.15) is 12.6 Å². The molecule has 0 aromatic carbocycles. The average Bonchev–Trinajstić information content (AvgIpc) is 2.32. The van der Waals surface area contributed by atoms with Crippen molar-refractivity contribution in [1.82, 2.24) is 9.97 Å². The van der Waals surface area contributed by atoms with Gasteiger partial charge in [0.1, 0.15) is 5.66 Å². The third-order valence-electron chi connectivity index (χ3n) is 2.47. The molecular weight excluding hydrogens is 326 g/mol. The molecule has 20 heavy (non-hydrogen) atoms. The van der Waals surface area contributed by atoms with Crippen LogP contribution in [0.4, 0.5) is 0 Å². The lowest BCUT2D eigenvalue weighted by Crippen LogP contribution is -2.09. The molecule has 0 amide bonds. The van der Waals surface area contributed by atoms with Crippen LogP contribution in [0.3, 0.4) is 0 Å². The van der Waals surface area contributed by atoms with Gasteiger partial charge in [-0.3, -0.25) is 19.1 Å². The molecule has 11 heteroatoms. The van der Waals surface area contributed by atoms with Crippen LogP contribution in [0.2, 0.25) is 0 Å². The van der Waals surface area contributed by atoms with E-state index in [0.29, 0.717) is 17.9 Å². The summed E-state index contributed by atoms with van der Waals surface area (Å²) in [6, 6.07) is 0. The van der Waals surface area contributed by atoms with Crippen molar-refractivity contribution in [3.63, 3.8) is 0 Å². The summed E-state index contributed by atoms with van der Waals surface area (Å²) in [6.45, 7) is 0. The first-order valence-electron chi connectivity index (χ1n) is 5.65. The normalized spacial score (nSPS) is 14.2. The molecule has 1 atom stereocenters. The summed E-state index contributed by atoms with van der Waals surface area (Å²) in [5.41, 5.74) is -1.16. The first-order valence-corrected chi connectivity index (χ1v) is 9.76. The fraction of sp³-hybridized carbons (Fsp3) is 0.556. The van der Waals surface area contributed by atoms with Crippen molar-refractivity contribution in [2.75, 3.05) is 11.9 Å². The SMILES string of the molecule is O=P(O)(O)CC(c1cnc(CCCS)cn1)P(=O)(O)O. The summed E-state index contributed by atoms with van der Waals surface area (Å²) in [4.78, 5) is 44.0. The summed E-state index contributed by atoms with van der Waals surface area (Å²) >= 11 is 4.05. The van der Waals surface area contributed by atoms with Gasteiger partial charge in [0.05, 0.1) is 17.5 Å². The van der Waals surface area contributed by atoms with Gasteiger partial charge in [0.15, 0.2) is 0 Å². The van der Waals surface area contributed by atoms with E-state index >= 15 is 0 Å². The molecule has 0 fully saturated rings. The molecule has 0 aliphatic rings. The van der Waals surface area contributed by atoms with Crippen molar-refractivity contribution >= 4 is 27.8 Å². The van der Waals surface area contributed by atoms with E-state index in [-0.39, 0.29) is 5.69 Å². The number of rotatable bonds is 7. The number of thiol groups is 1. The number of aromatic nitrogens is 2. The van der Waals surface area contributed by atoms with E-state index < -0.39 is 27.0 Å². The lowest BCUT2D eigenvalue weighted by Gasteiger charge is -2.18. The Balaban J connectivity index is 2.97. The molecule has 1 heterocycles. The van der Waals surface area contributed by atoms with Crippen molar-refractivity contribution in [3.8, 4) is 0 Å². The molecule has 8 nitrogen and oxygen atoms in total. The number of nitrogens with zero attached hydrogens (tertiary/aromatic N) is 2. The monoisotopic (exact) mass is 342 g/mol. The molecule has 1 rings (SSSR count). The summed E-state index contributed by atoms with van der Waals surface area (Å²) in [5, 5.41) is 0. The second-order valence-corrected chi connectivity index (χ2v) is 8.16. The number of aryl methyl sites for hydroxylation is 1. The minimum absolute atomic E-state index is 0.128. The molecule has 1 aromatic rings. The molecule has 1 aromatic heterocycles.